The highest BCUT2D eigenvalue weighted by Gasteiger charge is 2.24. The van der Waals surface area contributed by atoms with Gasteiger partial charge in [-0.3, -0.25) is 4.79 Å². The van der Waals surface area contributed by atoms with Crippen LogP contribution < -0.4 is 5.32 Å². The molecule has 1 aromatic rings. The largest absolute Gasteiger partial charge is 0.377 e. The fraction of sp³-hybridized carbons (Fsp3) is 0.357. The van der Waals surface area contributed by atoms with Crippen molar-refractivity contribution in [2.75, 3.05) is 17.7 Å². The maximum absolute atomic E-state index is 12.2. The van der Waals surface area contributed by atoms with Gasteiger partial charge >= 0.3 is 0 Å². The minimum absolute atomic E-state index is 0.00532. The van der Waals surface area contributed by atoms with E-state index < -0.39 is 9.84 Å². The summed E-state index contributed by atoms with van der Waals surface area (Å²) in [4.78, 5) is 11.4. The average Bonchev–Trinajstić information content (AvgIpc) is 2.91. The van der Waals surface area contributed by atoms with Crippen LogP contribution in [0.15, 0.2) is 41.8 Å². The van der Waals surface area contributed by atoms with E-state index in [0.29, 0.717) is 12.3 Å². The van der Waals surface area contributed by atoms with Crippen LogP contribution in [0.25, 0.3) is 0 Å². The number of amides is 1. The lowest BCUT2D eigenvalue weighted by molar-refractivity contribution is -0.111. The summed E-state index contributed by atoms with van der Waals surface area (Å²) >= 11 is 0. The van der Waals surface area contributed by atoms with E-state index in [1.165, 1.54) is 12.1 Å². The average molecular weight is 295 g/mol. The fourth-order valence-corrected chi connectivity index (χ4v) is 3.55. The van der Waals surface area contributed by atoms with Crippen LogP contribution in [0.2, 0.25) is 0 Å². The molecule has 2 rings (SSSR count). The van der Waals surface area contributed by atoms with Crippen LogP contribution in [0, 0.1) is 0 Å². The molecule has 108 valence electrons. The number of nitrogens with one attached hydrogen (secondary N) is 1. The lowest BCUT2D eigenvalue weighted by Gasteiger charge is -2.10. The molecular formula is C14H17NO4S. The number of ether oxygens (including phenoxy) is 1. The van der Waals surface area contributed by atoms with Gasteiger partial charge < -0.3 is 10.1 Å². The second-order valence-electron chi connectivity index (χ2n) is 4.63. The predicted octanol–water partition coefficient (Wildman–Crippen LogP) is 1.76. The molecule has 1 amide bonds. The molecule has 1 unspecified atom stereocenters. The standard InChI is InChI=1S/C14H17NO4S/c1-2-14(16)15-11-5-7-13(8-6-11)20(17,18)10-12-4-3-9-19-12/h2,5-8,12H,1,3-4,9-10H2,(H,15,16). The van der Waals surface area contributed by atoms with Gasteiger partial charge in [0.25, 0.3) is 0 Å². The highest BCUT2D eigenvalue weighted by atomic mass is 32.2. The van der Waals surface area contributed by atoms with Gasteiger partial charge in [-0.25, -0.2) is 8.42 Å². The third kappa shape index (κ3) is 3.68. The summed E-state index contributed by atoms with van der Waals surface area (Å²) in [5.41, 5.74) is 0.533. The fourth-order valence-electron chi connectivity index (χ4n) is 2.06. The van der Waals surface area contributed by atoms with Crippen molar-refractivity contribution in [3.05, 3.63) is 36.9 Å². The Labute approximate surface area is 118 Å². The van der Waals surface area contributed by atoms with Crippen molar-refractivity contribution in [2.24, 2.45) is 0 Å². The van der Waals surface area contributed by atoms with Gasteiger partial charge in [0.2, 0.25) is 5.91 Å². The van der Waals surface area contributed by atoms with Gasteiger partial charge in [-0.2, -0.15) is 0 Å². The smallest absolute Gasteiger partial charge is 0.247 e. The summed E-state index contributed by atoms with van der Waals surface area (Å²) in [6.07, 6.45) is 2.64. The van der Waals surface area contributed by atoms with Gasteiger partial charge in [-0.1, -0.05) is 6.58 Å². The van der Waals surface area contributed by atoms with Gasteiger partial charge in [0.05, 0.1) is 16.8 Å². The molecule has 1 fully saturated rings. The molecule has 0 aliphatic carbocycles. The second-order valence-corrected chi connectivity index (χ2v) is 6.67. The van der Waals surface area contributed by atoms with Crippen molar-refractivity contribution in [1.29, 1.82) is 0 Å². The van der Waals surface area contributed by atoms with E-state index in [1.807, 2.05) is 0 Å². The van der Waals surface area contributed by atoms with Crippen molar-refractivity contribution >= 4 is 21.4 Å². The summed E-state index contributed by atoms with van der Waals surface area (Å²) in [5, 5.41) is 2.57. The second kappa shape index (κ2) is 6.19. The summed E-state index contributed by atoms with van der Waals surface area (Å²) < 4.78 is 29.7. The van der Waals surface area contributed by atoms with Crippen molar-refractivity contribution < 1.29 is 17.9 Å². The first-order chi connectivity index (χ1) is 9.51. The Balaban J connectivity index is 2.07. The molecule has 0 saturated carbocycles. The monoisotopic (exact) mass is 295 g/mol. The van der Waals surface area contributed by atoms with Gasteiger partial charge in [0.15, 0.2) is 9.84 Å². The number of rotatable bonds is 5. The minimum atomic E-state index is -3.35. The Hall–Kier alpha value is -1.66. The van der Waals surface area contributed by atoms with E-state index in [0.717, 1.165) is 18.9 Å². The van der Waals surface area contributed by atoms with Crippen LogP contribution >= 0.6 is 0 Å². The first kappa shape index (κ1) is 14.7. The lowest BCUT2D eigenvalue weighted by Crippen LogP contribution is -2.20. The maximum atomic E-state index is 12.2. The van der Waals surface area contributed by atoms with Crippen LogP contribution in [0.5, 0.6) is 0 Å². The van der Waals surface area contributed by atoms with E-state index >= 15 is 0 Å². The molecule has 0 bridgehead atoms. The van der Waals surface area contributed by atoms with E-state index in [2.05, 4.69) is 11.9 Å². The summed E-state index contributed by atoms with van der Waals surface area (Å²) in [7, 11) is -3.35. The van der Waals surface area contributed by atoms with Crippen LogP contribution in [0.4, 0.5) is 5.69 Å². The van der Waals surface area contributed by atoms with Crippen LogP contribution in [0.1, 0.15) is 12.8 Å². The van der Waals surface area contributed by atoms with Crippen LogP contribution in [-0.2, 0) is 19.4 Å². The van der Waals surface area contributed by atoms with Crippen molar-refractivity contribution in [1.82, 2.24) is 0 Å². The molecule has 0 aromatic heterocycles. The number of carbonyl (C=O) groups excluding carboxylic acids is 1. The highest BCUT2D eigenvalue weighted by Crippen LogP contribution is 2.20. The van der Waals surface area contributed by atoms with Gasteiger partial charge in [-0.15, -0.1) is 0 Å². The van der Waals surface area contributed by atoms with E-state index in [1.54, 1.807) is 12.1 Å². The number of hydrogen-bond donors (Lipinski definition) is 1. The minimum Gasteiger partial charge on any atom is -0.377 e. The molecule has 1 aliphatic heterocycles. The Bertz CT molecular complexity index is 586. The molecule has 0 spiro atoms. The quantitative estimate of drug-likeness (QED) is 0.840. The molecule has 1 saturated heterocycles. The van der Waals surface area contributed by atoms with E-state index in [9.17, 15) is 13.2 Å². The number of carbonyl (C=O) groups is 1. The Kier molecular flexibility index (Phi) is 4.57. The third-order valence-corrected chi connectivity index (χ3v) is 4.90. The molecule has 1 N–H and O–H groups in total. The molecule has 6 heteroatoms. The van der Waals surface area contributed by atoms with Crippen LogP contribution in [0.3, 0.4) is 0 Å². The third-order valence-electron chi connectivity index (χ3n) is 3.10. The Morgan fingerprint density at radius 3 is 2.65 bits per heavy atom. The Morgan fingerprint density at radius 2 is 2.10 bits per heavy atom. The van der Waals surface area contributed by atoms with Crippen molar-refractivity contribution in [3.8, 4) is 0 Å². The first-order valence-electron chi connectivity index (χ1n) is 6.39. The highest BCUT2D eigenvalue weighted by molar-refractivity contribution is 7.91. The predicted molar refractivity (Wildman–Crippen MR) is 76.3 cm³/mol. The molecule has 5 nitrogen and oxygen atoms in total. The topological polar surface area (TPSA) is 72.5 Å². The molecule has 1 heterocycles. The van der Waals surface area contributed by atoms with Gasteiger partial charge in [0.1, 0.15) is 0 Å². The number of benzene rings is 1. The molecule has 1 atom stereocenters. The number of hydrogen-bond acceptors (Lipinski definition) is 4. The summed E-state index contributed by atoms with van der Waals surface area (Å²) in [5.74, 6) is -0.328. The molecular weight excluding hydrogens is 278 g/mol. The molecule has 20 heavy (non-hydrogen) atoms. The van der Waals surface area contributed by atoms with Crippen molar-refractivity contribution in [2.45, 2.75) is 23.8 Å². The number of sulfone groups is 1. The van der Waals surface area contributed by atoms with E-state index in [4.69, 9.17) is 4.74 Å². The lowest BCUT2D eigenvalue weighted by atomic mass is 10.3. The van der Waals surface area contributed by atoms with Crippen molar-refractivity contribution in [3.63, 3.8) is 0 Å². The number of anilines is 1. The molecule has 0 radical (unpaired) electrons. The zero-order valence-electron chi connectivity index (χ0n) is 11.0. The van der Waals surface area contributed by atoms with E-state index in [-0.39, 0.29) is 22.7 Å². The molecule has 1 aromatic carbocycles. The zero-order chi connectivity index (χ0) is 14.6. The Morgan fingerprint density at radius 1 is 1.40 bits per heavy atom. The SMILES string of the molecule is C=CC(=O)Nc1ccc(S(=O)(=O)CC2CCCO2)cc1. The normalized spacial score (nSPS) is 18.7. The zero-order valence-corrected chi connectivity index (χ0v) is 11.9. The van der Waals surface area contributed by atoms with Crippen LogP contribution in [-0.4, -0.2) is 32.8 Å². The first-order valence-corrected chi connectivity index (χ1v) is 8.04. The summed E-state index contributed by atoms with van der Waals surface area (Å²) in [6, 6.07) is 6.10. The summed E-state index contributed by atoms with van der Waals surface area (Å²) in [6.45, 7) is 3.98. The molecule has 1 aliphatic rings. The van der Waals surface area contributed by atoms with Gasteiger partial charge in [-0.05, 0) is 43.2 Å². The van der Waals surface area contributed by atoms with Gasteiger partial charge in [0, 0.05) is 12.3 Å². The maximum Gasteiger partial charge on any atom is 0.247 e.